The number of nitrogens with zero attached hydrogens (tertiary/aromatic N) is 1. The van der Waals surface area contributed by atoms with Gasteiger partial charge in [0.15, 0.2) is 0 Å². The SMILES string of the molecule is CC(C(=O)O)N1CCC(N)CC1.Cl.Cl. The summed E-state index contributed by atoms with van der Waals surface area (Å²) in [6.45, 7) is 3.35. The summed E-state index contributed by atoms with van der Waals surface area (Å²) in [5.41, 5.74) is 5.70. The summed E-state index contributed by atoms with van der Waals surface area (Å²) in [5.74, 6) is -0.745. The summed E-state index contributed by atoms with van der Waals surface area (Å²) in [6, 6.07) is -0.0975. The molecule has 0 saturated carbocycles. The van der Waals surface area contributed by atoms with Crippen LogP contribution in [0, 0.1) is 0 Å². The molecule has 0 bridgehead atoms. The van der Waals surface area contributed by atoms with Crippen LogP contribution < -0.4 is 5.73 Å². The number of aliphatic carboxylic acids is 1. The summed E-state index contributed by atoms with van der Waals surface area (Å²) < 4.78 is 0. The van der Waals surface area contributed by atoms with Gasteiger partial charge in [-0.25, -0.2) is 0 Å². The van der Waals surface area contributed by atoms with Gasteiger partial charge in [-0.3, -0.25) is 9.69 Å². The van der Waals surface area contributed by atoms with Crippen molar-refractivity contribution >= 4 is 30.8 Å². The van der Waals surface area contributed by atoms with Gasteiger partial charge in [-0.1, -0.05) is 0 Å². The molecule has 4 nitrogen and oxygen atoms in total. The summed E-state index contributed by atoms with van der Waals surface area (Å²) in [7, 11) is 0. The van der Waals surface area contributed by atoms with E-state index in [1.165, 1.54) is 0 Å². The Balaban J connectivity index is 0. The number of rotatable bonds is 2. The van der Waals surface area contributed by atoms with E-state index in [0.29, 0.717) is 0 Å². The maximum Gasteiger partial charge on any atom is 0.320 e. The number of carboxylic acids is 1. The van der Waals surface area contributed by atoms with Gasteiger partial charge in [0.2, 0.25) is 0 Å². The average Bonchev–Trinajstić information content (AvgIpc) is 2.04. The molecule has 1 rings (SSSR count). The highest BCUT2D eigenvalue weighted by Gasteiger charge is 2.24. The largest absolute Gasteiger partial charge is 0.480 e. The molecule has 1 aliphatic heterocycles. The minimum absolute atomic E-state index is 0. The lowest BCUT2D eigenvalue weighted by Gasteiger charge is -2.32. The van der Waals surface area contributed by atoms with Gasteiger partial charge in [0.1, 0.15) is 6.04 Å². The number of piperidine rings is 1. The summed E-state index contributed by atoms with van der Waals surface area (Å²) >= 11 is 0. The Hall–Kier alpha value is -0.0300. The molecule has 0 aliphatic carbocycles. The van der Waals surface area contributed by atoms with Crippen LogP contribution in [0.25, 0.3) is 0 Å². The van der Waals surface area contributed by atoms with Gasteiger partial charge >= 0.3 is 5.97 Å². The average molecular weight is 245 g/mol. The minimum Gasteiger partial charge on any atom is -0.480 e. The van der Waals surface area contributed by atoms with E-state index >= 15 is 0 Å². The molecule has 0 aromatic rings. The molecule has 0 aromatic heterocycles. The summed E-state index contributed by atoms with van der Waals surface area (Å²) in [6.07, 6.45) is 1.83. The van der Waals surface area contributed by atoms with Crippen molar-refractivity contribution in [3.05, 3.63) is 0 Å². The fourth-order valence-electron chi connectivity index (χ4n) is 1.46. The van der Waals surface area contributed by atoms with E-state index in [-0.39, 0.29) is 36.9 Å². The van der Waals surface area contributed by atoms with Crippen molar-refractivity contribution in [2.45, 2.75) is 31.8 Å². The molecule has 1 fully saturated rings. The highest BCUT2D eigenvalue weighted by Crippen LogP contribution is 2.11. The van der Waals surface area contributed by atoms with Crippen LogP contribution in [0.5, 0.6) is 0 Å². The number of likely N-dealkylation sites (tertiary alicyclic amines) is 1. The first-order valence-electron chi connectivity index (χ1n) is 4.33. The highest BCUT2D eigenvalue weighted by atomic mass is 35.5. The van der Waals surface area contributed by atoms with E-state index in [1.807, 2.05) is 4.90 Å². The minimum atomic E-state index is -0.745. The molecular formula is C8H18Cl2N2O2. The Kier molecular flexibility index (Phi) is 8.54. The highest BCUT2D eigenvalue weighted by molar-refractivity contribution is 5.85. The first-order valence-corrected chi connectivity index (χ1v) is 4.33. The Morgan fingerprint density at radius 1 is 1.43 bits per heavy atom. The molecule has 0 spiro atoms. The first-order chi connectivity index (χ1) is 5.61. The molecule has 1 aliphatic rings. The van der Waals surface area contributed by atoms with Crippen LogP contribution in [0.1, 0.15) is 19.8 Å². The topological polar surface area (TPSA) is 66.6 Å². The Bertz CT molecular complexity index is 173. The quantitative estimate of drug-likeness (QED) is 0.752. The van der Waals surface area contributed by atoms with E-state index in [1.54, 1.807) is 6.92 Å². The van der Waals surface area contributed by atoms with Crippen molar-refractivity contribution in [1.29, 1.82) is 0 Å². The predicted octanol–water partition coefficient (Wildman–Crippen LogP) is 0.726. The number of carboxylic acid groups (broad SMARTS) is 1. The van der Waals surface area contributed by atoms with Crippen LogP contribution in [0.3, 0.4) is 0 Å². The molecule has 1 unspecified atom stereocenters. The number of hydrogen-bond donors (Lipinski definition) is 2. The predicted molar refractivity (Wildman–Crippen MR) is 60.4 cm³/mol. The lowest BCUT2D eigenvalue weighted by Crippen LogP contribution is -2.46. The van der Waals surface area contributed by atoms with Crippen molar-refractivity contribution in [1.82, 2.24) is 4.90 Å². The standard InChI is InChI=1S/C8H16N2O2.2ClH/c1-6(8(11)12)10-4-2-7(9)3-5-10;;/h6-7H,2-5,9H2,1H3,(H,11,12);2*1H. The monoisotopic (exact) mass is 244 g/mol. The van der Waals surface area contributed by atoms with Crippen LogP contribution in [-0.2, 0) is 4.79 Å². The zero-order chi connectivity index (χ0) is 9.14. The smallest absolute Gasteiger partial charge is 0.320 e. The third-order valence-corrected chi connectivity index (χ3v) is 2.48. The van der Waals surface area contributed by atoms with Crippen molar-refractivity contribution in [2.24, 2.45) is 5.73 Å². The molecule has 0 aromatic carbocycles. The number of carbonyl (C=O) groups is 1. The van der Waals surface area contributed by atoms with E-state index < -0.39 is 5.97 Å². The fourth-order valence-corrected chi connectivity index (χ4v) is 1.46. The van der Waals surface area contributed by atoms with Gasteiger partial charge in [0, 0.05) is 19.1 Å². The zero-order valence-electron chi connectivity index (χ0n) is 8.18. The second kappa shape index (κ2) is 7.29. The third kappa shape index (κ3) is 4.46. The van der Waals surface area contributed by atoms with Crippen molar-refractivity contribution in [3.63, 3.8) is 0 Å². The molecule has 6 heteroatoms. The van der Waals surface area contributed by atoms with Crippen molar-refractivity contribution < 1.29 is 9.90 Å². The van der Waals surface area contributed by atoms with E-state index in [2.05, 4.69) is 0 Å². The van der Waals surface area contributed by atoms with E-state index in [9.17, 15) is 4.79 Å². The second-order valence-electron chi connectivity index (χ2n) is 3.39. The Morgan fingerprint density at radius 2 is 1.86 bits per heavy atom. The van der Waals surface area contributed by atoms with Gasteiger partial charge in [-0.15, -0.1) is 24.8 Å². The molecular weight excluding hydrogens is 227 g/mol. The number of hydrogen-bond acceptors (Lipinski definition) is 3. The van der Waals surface area contributed by atoms with Gasteiger partial charge < -0.3 is 10.8 Å². The van der Waals surface area contributed by atoms with Crippen LogP contribution in [0.2, 0.25) is 0 Å². The van der Waals surface area contributed by atoms with Gasteiger partial charge in [-0.2, -0.15) is 0 Å². The molecule has 3 N–H and O–H groups in total. The lowest BCUT2D eigenvalue weighted by atomic mass is 10.0. The van der Waals surface area contributed by atoms with Crippen LogP contribution in [-0.4, -0.2) is 41.1 Å². The number of nitrogens with two attached hydrogens (primary N) is 1. The van der Waals surface area contributed by atoms with Crippen LogP contribution in [0.4, 0.5) is 0 Å². The molecule has 14 heavy (non-hydrogen) atoms. The van der Waals surface area contributed by atoms with Crippen LogP contribution in [0.15, 0.2) is 0 Å². The maximum atomic E-state index is 10.6. The zero-order valence-corrected chi connectivity index (χ0v) is 9.81. The summed E-state index contributed by atoms with van der Waals surface area (Å²) in [5, 5.41) is 8.73. The first kappa shape index (κ1) is 16.4. The Labute approximate surface area is 96.6 Å². The third-order valence-electron chi connectivity index (χ3n) is 2.48. The van der Waals surface area contributed by atoms with Crippen molar-refractivity contribution in [2.75, 3.05) is 13.1 Å². The van der Waals surface area contributed by atoms with Gasteiger partial charge in [-0.05, 0) is 19.8 Å². The fraction of sp³-hybridized carbons (Fsp3) is 0.875. The van der Waals surface area contributed by atoms with Crippen molar-refractivity contribution in [3.8, 4) is 0 Å². The molecule has 1 atom stereocenters. The maximum absolute atomic E-state index is 10.6. The van der Waals surface area contributed by atoms with Gasteiger partial charge in [0.05, 0.1) is 0 Å². The lowest BCUT2D eigenvalue weighted by molar-refractivity contribution is -0.143. The normalized spacial score (nSPS) is 20.4. The van der Waals surface area contributed by atoms with Gasteiger partial charge in [0.25, 0.3) is 0 Å². The molecule has 1 saturated heterocycles. The summed E-state index contributed by atoms with van der Waals surface area (Å²) in [4.78, 5) is 12.6. The van der Waals surface area contributed by atoms with Crippen LogP contribution >= 0.6 is 24.8 Å². The molecule has 1 heterocycles. The van der Waals surface area contributed by atoms with E-state index in [4.69, 9.17) is 10.8 Å². The number of halogens is 2. The molecule has 0 radical (unpaired) electrons. The molecule has 86 valence electrons. The van der Waals surface area contributed by atoms with E-state index in [0.717, 1.165) is 25.9 Å². The molecule has 0 amide bonds. The Morgan fingerprint density at radius 3 is 2.21 bits per heavy atom. The second-order valence-corrected chi connectivity index (χ2v) is 3.39.